The largest absolute Gasteiger partial charge is 0.369 e. The van der Waals surface area contributed by atoms with Crippen LogP contribution in [-0.2, 0) is 4.74 Å². The molecule has 3 unspecified atom stereocenters. The number of rotatable bonds is 5. The molecule has 21 heavy (non-hydrogen) atoms. The minimum Gasteiger partial charge on any atom is -0.369 e. The topological polar surface area (TPSA) is 21.3 Å². The van der Waals surface area contributed by atoms with Crippen LogP contribution in [0.1, 0.15) is 65.0 Å². The fourth-order valence-electron chi connectivity index (χ4n) is 3.05. The molecule has 1 saturated carbocycles. The van der Waals surface area contributed by atoms with Gasteiger partial charge in [-0.1, -0.05) is 50.1 Å². The van der Waals surface area contributed by atoms with Gasteiger partial charge in [0.15, 0.2) is 0 Å². The van der Waals surface area contributed by atoms with E-state index in [1.54, 1.807) is 0 Å². The van der Waals surface area contributed by atoms with Crippen molar-refractivity contribution in [2.45, 2.75) is 71.1 Å². The highest BCUT2D eigenvalue weighted by Crippen LogP contribution is 2.30. The Morgan fingerprint density at radius 3 is 2.52 bits per heavy atom. The number of nitrogens with one attached hydrogen (secondary N) is 1. The van der Waals surface area contributed by atoms with Crippen molar-refractivity contribution in [3.05, 3.63) is 35.9 Å². The first kappa shape index (κ1) is 16.5. The van der Waals surface area contributed by atoms with Crippen LogP contribution < -0.4 is 5.32 Å². The summed E-state index contributed by atoms with van der Waals surface area (Å²) in [6.45, 7) is 9.84. The van der Waals surface area contributed by atoms with E-state index in [-0.39, 0.29) is 11.6 Å². The van der Waals surface area contributed by atoms with Crippen molar-refractivity contribution in [1.29, 1.82) is 0 Å². The molecule has 2 rings (SSSR count). The van der Waals surface area contributed by atoms with Crippen molar-refractivity contribution in [2.24, 2.45) is 5.92 Å². The maximum atomic E-state index is 6.48. The van der Waals surface area contributed by atoms with Gasteiger partial charge in [0.2, 0.25) is 0 Å². The second-order valence-corrected chi connectivity index (χ2v) is 7.56. The summed E-state index contributed by atoms with van der Waals surface area (Å²) in [5.74, 6) is 0.802. The average molecular weight is 289 g/mol. The summed E-state index contributed by atoms with van der Waals surface area (Å²) in [5.41, 5.74) is 1.41. The zero-order valence-corrected chi connectivity index (χ0v) is 14.1. The lowest BCUT2D eigenvalue weighted by molar-refractivity contribution is -0.0415. The lowest BCUT2D eigenvalue weighted by Gasteiger charge is -2.32. The fourth-order valence-corrected chi connectivity index (χ4v) is 3.05. The summed E-state index contributed by atoms with van der Waals surface area (Å²) >= 11 is 0. The van der Waals surface area contributed by atoms with Gasteiger partial charge in [0.25, 0.3) is 0 Å². The van der Waals surface area contributed by atoms with Gasteiger partial charge in [0, 0.05) is 12.1 Å². The highest BCUT2D eigenvalue weighted by atomic mass is 16.5. The molecule has 0 aromatic heterocycles. The predicted molar refractivity (Wildman–Crippen MR) is 89.4 cm³/mol. The lowest BCUT2D eigenvalue weighted by atomic mass is 9.88. The molecule has 3 atom stereocenters. The molecule has 0 amide bonds. The van der Waals surface area contributed by atoms with E-state index in [2.05, 4.69) is 63.3 Å². The van der Waals surface area contributed by atoms with Gasteiger partial charge in [-0.2, -0.15) is 0 Å². The third kappa shape index (κ3) is 5.80. The van der Waals surface area contributed by atoms with Crippen LogP contribution in [0, 0.1) is 5.92 Å². The van der Waals surface area contributed by atoms with Crippen molar-refractivity contribution in [3.8, 4) is 0 Å². The minimum atomic E-state index is 0.121. The fraction of sp³-hybridized carbons (Fsp3) is 0.684. The van der Waals surface area contributed by atoms with Gasteiger partial charge in [-0.25, -0.2) is 0 Å². The van der Waals surface area contributed by atoms with Gasteiger partial charge < -0.3 is 10.1 Å². The van der Waals surface area contributed by atoms with Crippen molar-refractivity contribution >= 4 is 0 Å². The Balaban J connectivity index is 2.01. The van der Waals surface area contributed by atoms with Crippen LogP contribution in [0.25, 0.3) is 0 Å². The maximum Gasteiger partial charge on any atom is 0.0953 e. The van der Waals surface area contributed by atoms with Crippen LogP contribution in [0.4, 0.5) is 0 Å². The minimum absolute atomic E-state index is 0.121. The number of benzene rings is 1. The number of ether oxygens (including phenoxy) is 1. The monoisotopic (exact) mass is 289 g/mol. The molecule has 1 aromatic rings. The van der Waals surface area contributed by atoms with Gasteiger partial charge in [-0.15, -0.1) is 0 Å². The molecule has 2 nitrogen and oxygen atoms in total. The normalized spacial score (nSPS) is 24.8. The first-order valence-corrected chi connectivity index (χ1v) is 8.39. The molecule has 118 valence electrons. The summed E-state index contributed by atoms with van der Waals surface area (Å²) in [6.07, 6.45) is 5.65. The predicted octanol–water partition coefficient (Wildman–Crippen LogP) is 4.71. The summed E-state index contributed by atoms with van der Waals surface area (Å²) in [6, 6.07) is 10.6. The van der Waals surface area contributed by atoms with E-state index in [1.165, 1.54) is 31.2 Å². The molecular weight excluding hydrogens is 258 g/mol. The SMILES string of the molecule is CC1CCCC(OC(CNC(C)(C)C)c2ccccc2)C1. The summed E-state index contributed by atoms with van der Waals surface area (Å²) in [4.78, 5) is 0. The van der Waals surface area contributed by atoms with E-state index in [9.17, 15) is 0 Å². The van der Waals surface area contributed by atoms with E-state index in [1.807, 2.05) is 0 Å². The molecule has 0 bridgehead atoms. The third-order valence-corrected chi connectivity index (χ3v) is 4.23. The Morgan fingerprint density at radius 1 is 1.19 bits per heavy atom. The quantitative estimate of drug-likeness (QED) is 0.847. The Kier molecular flexibility index (Phi) is 5.83. The average Bonchev–Trinajstić information content (AvgIpc) is 2.43. The second-order valence-electron chi connectivity index (χ2n) is 7.56. The smallest absolute Gasteiger partial charge is 0.0953 e. The van der Waals surface area contributed by atoms with Gasteiger partial charge in [-0.05, 0) is 45.1 Å². The van der Waals surface area contributed by atoms with Crippen LogP contribution >= 0.6 is 0 Å². The highest BCUT2D eigenvalue weighted by molar-refractivity contribution is 5.18. The Bertz CT molecular complexity index is 409. The molecule has 0 aliphatic heterocycles. The van der Waals surface area contributed by atoms with Crippen LogP contribution in [-0.4, -0.2) is 18.2 Å². The third-order valence-electron chi connectivity index (χ3n) is 4.23. The number of hydrogen-bond donors (Lipinski definition) is 1. The van der Waals surface area contributed by atoms with Crippen LogP contribution in [0.5, 0.6) is 0 Å². The Hall–Kier alpha value is -0.860. The van der Waals surface area contributed by atoms with E-state index < -0.39 is 0 Å². The summed E-state index contributed by atoms with van der Waals surface area (Å²) in [7, 11) is 0. The van der Waals surface area contributed by atoms with Crippen LogP contribution in [0.15, 0.2) is 30.3 Å². The molecule has 1 aliphatic carbocycles. The maximum absolute atomic E-state index is 6.48. The first-order valence-electron chi connectivity index (χ1n) is 8.39. The van der Waals surface area contributed by atoms with Gasteiger partial charge >= 0.3 is 0 Å². The van der Waals surface area contributed by atoms with Gasteiger partial charge in [0.1, 0.15) is 0 Å². The van der Waals surface area contributed by atoms with E-state index in [4.69, 9.17) is 4.74 Å². The molecule has 1 fully saturated rings. The van der Waals surface area contributed by atoms with Crippen LogP contribution in [0.2, 0.25) is 0 Å². The van der Waals surface area contributed by atoms with E-state index >= 15 is 0 Å². The second kappa shape index (κ2) is 7.42. The summed E-state index contributed by atoms with van der Waals surface area (Å²) < 4.78 is 6.48. The molecular formula is C19H31NO. The number of hydrogen-bond acceptors (Lipinski definition) is 2. The van der Waals surface area contributed by atoms with Gasteiger partial charge in [-0.3, -0.25) is 0 Å². The molecule has 1 aliphatic rings. The van der Waals surface area contributed by atoms with Gasteiger partial charge in [0.05, 0.1) is 12.2 Å². The first-order chi connectivity index (χ1) is 9.94. The zero-order chi connectivity index (χ0) is 15.3. The molecule has 0 saturated heterocycles. The molecule has 0 heterocycles. The molecule has 0 spiro atoms. The molecule has 1 N–H and O–H groups in total. The molecule has 2 heteroatoms. The van der Waals surface area contributed by atoms with E-state index in [0.717, 1.165) is 12.5 Å². The van der Waals surface area contributed by atoms with Crippen molar-refractivity contribution in [3.63, 3.8) is 0 Å². The van der Waals surface area contributed by atoms with Crippen molar-refractivity contribution < 1.29 is 4.74 Å². The Morgan fingerprint density at radius 2 is 1.90 bits per heavy atom. The standard InChI is InChI=1S/C19H31NO/c1-15-9-8-12-17(13-15)21-18(14-20-19(2,3)4)16-10-6-5-7-11-16/h5-7,10-11,15,17-18,20H,8-9,12-14H2,1-4H3. The lowest BCUT2D eigenvalue weighted by Crippen LogP contribution is -2.40. The summed E-state index contributed by atoms with van der Waals surface area (Å²) in [5, 5.41) is 3.60. The molecule has 0 radical (unpaired) electrons. The Labute approximate surface area is 130 Å². The zero-order valence-electron chi connectivity index (χ0n) is 14.1. The van der Waals surface area contributed by atoms with E-state index in [0.29, 0.717) is 6.10 Å². The van der Waals surface area contributed by atoms with Crippen LogP contribution in [0.3, 0.4) is 0 Å². The highest BCUT2D eigenvalue weighted by Gasteiger charge is 2.24. The van der Waals surface area contributed by atoms with Crippen molar-refractivity contribution in [2.75, 3.05) is 6.54 Å². The van der Waals surface area contributed by atoms with Crippen molar-refractivity contribution in [1.82, 2.24) is 5.32 Å². The molecule has 1 aromatic carbocycles.